The number of methoxy groups -OCH3 is 1. The Morgan fingerprint density at radius 3 is 2.78 bits per heavy atom. The van der Waals surface area contributed by atoms with Crippen LogP contribution in [-0.4, -0.2) is 21.6 Å². The van der Waals surface area contributed by atoms with E-state index in [1.165, 1.54) is 18.4 Å². The molecule has 0 atom stereocenters. The molecule has 0 fully saturated rings. The summed E-state index contributed by atoms with van der Waals surface area (Å²) in [5, 5.41) is 10.0. The summed E-state index contributed by atoms with van der Waals surface area (Å²) < 4.78 is 7.19. The minimum atomic E-state index is -0.148. The topological polar surface area (TPSA) is 63.8 Å². The number of thiazole rings is 1. The molecule has 0 saturated heterocycles. The number of aromatic nitrogens is 2. The molecule has 0 amide bonds. The number of rotatable bonds is 3. The predicted octanol–water partition coefficient (Wildman–Crippen LogP) is 3.65. The second-order valence-corrected chi connectivity index (χ2v) is 7.48. The number of hydrogen-bond acceptors (Lipinski definition) is 5. The molecule has 7 heteroatoms. The van der Waals surface area contributed by atoms with E-state index < -0.39 is 0 Å². The summed E-state index contributed by atoms with van der Waals surface area (Å²) in [6, 6.07) is 11.1. The fourth-order valence-corrected chi connectivity index (χ4v) is 4.08. The van der Waals surface area contributed by atoms with E-state index in [-0.39, 0.29) is 22.1 Å². The van der Waals surface area contributed by atoms with Gasteiger partial charge >= 0.3 is 0 Å². The van der Waals surface area contributed by atoms with Gasteiger partial charge in [-0.2, -0.15) is 0 Å². The molecule has 27 heavy (non-hydrogen) atoms. The molecule has 2 aromatic heterocycles. The molecule has 4 rings (SSSR count). The van der Waals surface area contributed by atoms with Crippen molar-refractivity contribution in [2.75, 3.05) is 7.11 Å². The van der Waals surface area contributed by atoms with Gasteiger partial charge in [0, 0.05) is 11.8 Å². The van der Waals surface area contributed by atoms with Crippen LogP contribution in [0.4, 0.5) is 0 Å². The average Bonchev–Trinajstić information content (AvgIpc) is 3.18. The fourth-order valence-electron chi connectivity index (χ4n) is 2.91. The van der Waals surface area contributed by atoms with Gasteiger partial charge in [0.15, 0.2) is 16.5 Å². The number of nitrogens with zero attached hydrogens (tertiary/aromatic N) is 2. The number of benzene rings is 2. The number of fused-ring (bicyclic) bond motifs is 1. The number of aryl methyl sites for hydroxylation is 1. The van der Waals surface area contributed by atoms with Crippen molar-refractivity contribution in [2.24, 2.45) is 0 Å². The van der Waals surface area contributed by atoms with Gasteiger partial charge in [-0.15, -0.1) is 0 Å². The van der Waals surface area contributed by atoms with Crippen LogP contribution in [0.2, 0.25) is 5.02 Å². The van der Waals surface area contributed by atoms with Gasteiger partial charge < -0.3 is 9.84 Å². The molecule has 0 saturated carbocycles. The first-order valence-electron chi connectivity index (χ1n) is 8.14. The Morgan fingerprint density at radius 2 is 2.07 bits per heavy atom. The highest BCUT2D eigenvalue weighted by atomic mass is 35.5. The van der Waals surface area contributed by atoms with Crippen molar-refractivity contribution in [3.8, 4) is 22.8 Å². The summed E-state index contributed by atoms with van der Waals surface area (Å²) in [6.45, 7) is 2.02. The van der Waals surface area contributed by atoms with Crippen LogP contribution in [0.3, 0.4) is 0 Å². The molecule has 0 aliphatic rings. The van der Waals surface area contributed by atoms with E-state index in [0.717, 1.165) is 16.8 Å². The van der Waals surface area contributed by atoms with Gasteiger partial charge in [0.25, 0.3) is 5.56 Å². The van der Waals surface area contributed by atoms with Gasteiger partial charge in [0.1, 0.15) is 0 Å². The monoisotopic (exact) mass is 398 g/mol. The molecule has 2 heterocycles. The largest absolute Gasteiger partial charge is 0.503 e. The van der Waals surface area contributed by atoms with E-state index in [2.05, 4.69) is 4.98 Å². The van der Waals surface area contributed by atoms with Crippen molar-refractivity contribution in [3.05, 3.63) is 73.6 Å². The summed E-state index contributed by atoms with van der Waals surface area (Å²) >= 11 is 7.32. The zero-order valence-corrected chi connectivity index (χ0v) is 16.1. The lowest BCUT2D eigenvalue weighted by atomic mass is 10.1. The van der Waals surface area contributed by atoms with Crippen LogP contribution in [-0.2, 0) is 0 Å². The summed E-state index contributed by atoms with van der Waals surface area (Å²) in [4.78, 5) is 18.0. The third kappa shape index (κ3) is 3.07. The lowest BCUT2D eigenvalue weighted by Crippen LogP contribution is -2.22. The molecule has 0 aliphatic heterocycles. The van der Waals surface area contributed by atoms with Crippen LogP contribution in [0.5, 0.6) is 11.5 Å². The maximum absolute atomic E-state index is 12.8. The molecule has 2 aromatic carbocycles. The Morgan fingerprint density at radius 1 is 1.30 bits per heavy atom. The number of hydrogen-bond donors (Lipinski definition) is 1. The fraction of sp³-hybridized carbons (Fsp3) is 0.100. The number of phenols is 1. The van der Waals surface area contributed by atoms with Gasteiger partial charge in [-0.25, -0.2) is 4.98 Å². The van der Waals surface area contributed by atoms with Crippen molar-refractivity contribution in [3.63, 3.8) is 0 Å². The van der Waals surface area contributed by atoms with Gasteiger partial charge in [0.2, 0.25) is 0 Å². The number of imidazole rings is 1. The standard InChI is InChI=1S/C20H15ClN2O3S/c1-11-5-3-4-6-13(11)15-10-23-19(25)17(27-20(23)22-15)9-12-7-14(21)18(24)16(8-12)26-2/h3-10,24H,1-2H3. The van der Waals surface area contributed by atoms with Gasteiger partial charge in [0.05, 0.1) is 22.4 Å². The summed E-state index contributed by atoms with van der Waals surface area (Å²) in [5.41, 5.74) is 3.40. The number of halogens is 1. The molecular formula is C20H15ClN2O3S. The van der Waals surface area contributed by atoms with Crippen LogP contribution < -0.4 is 14.8 Å². The smallest absolute Gasteiger partial charge is 0.274 e. The van der Waals surface area contributed by atoms with Gasteiger partial charge in [-0.3, -0.25) is 9.20 Å². The summed E-state index contributed by atoms with van der Waals surface area (Å²) in [5.74, 6) is 0.131. The lowest BCUT2D eigenvalue weighted by Gasteiger charge is -2.05. The molecule has 0 unspecified atom stereocenters. The Bertz CT molecular complexity index is 1280. The molecule has 0 spiro atoms. The van der Waals surface area contributed by atoms with E-state index in [1.54, 1.807) is 28.8 Å². The van der Waals surface area contributed by atoms with Crippen molar-refractivity contribution in [2.45, 2.75) is 6.92 Å². The second-order valence-electron chi connectivity index (χ2n) is 6.06. The first-order chi connectivity index (χ1) is 13.0. The molecule has 0 radical (unpaired) electrons. The molecule has 136 valence electrons. The van der Waals surface area contributed by atoms with Crippen LogP contribution >= 0.6 is 22.9 Å². The predicted molar refractivity (Wildman–Crippen MR) is 108 cm³/mol. The third-order valence-corrected chi connectivity index (χ3v) is 5.56. The molecule has 0 aliphatic carbocycles. The molecule has 1 N–H and O–H groups in total. The first-order valence-corrected chi connectivity index (χ1v) is 9.33. The van der Waals surface area contributed by atoms with Gasteiger partial charge in [-0.05, 0) is 36.3 Å². The zero-order valence-electron chi connectivity index (χ0n) is 14.6. The summed E-state index contributed by atoms with van der Waals surface area (Å²) in [7, 11) is 1.44. The number of ether oxygens (including phenoxy) is 1. The average molecular weight is 399 g/mol. The maximum atomic E-state index is 12.8. The van der Waals surface area contributed by atoms with E-state index in [1.807, 2.05) is 31.2 Å². The van der Waals surface area contributed by atoms with E-state index >= 15 is 0 Å². The van der Waals surface area contributed by atoms with E-state index in [0.29, 0.717) is 15.1 Å². The van der Waals surface area contributed by atoms with Crippen LogP contribution in [0.15, 0.2) is 47.4 Å². The number of aromatic hydroxyl groups is 1. The van der Waals surface area contributed by atoms with Crippen LogP contribution in [0, 0.1) is 6.92 Å². The normalized spacial score (nSPS) is 12.0. The Hall–Kier alpha value is -2.83. The minimum Gasteiger partial charge on any atom is -0.503 e. The molecule has 0 bridgehead atoms. The summed E-state index contributed by atoms with van der Waals surface area (Å²) in [6.07, 6.45) is 3.47. The maximum Gasteiger partial charge on any atom is 0.274 e. The SMILES string of the molecule is COc1cc(C=c2sc3nc(-c4ccccc4C)cn3c2=O)cc(Cl)c1O. The first kappa shape index (κ1) is 17.6. The van der Waals surface area contributed by atoms with E-state index in [4.69, 9.17) is 16.3 Å². The zero-order chi connectivity index (χ0) is 19.1. The van der Waals surface area contributed by atoms with Crippen LogP contribution in [0.1, 0.15) is 11.1 Å². The number of phenolic OH excluding ortho intramolecular Hbond substituents is 1. The Labute approximate surface area is 163 Å². The molecule has 4 aromatic rings. The van der Waals surface area contributed by atoms with E-state index in [9.17, 15) is 9.90 Å². The van der Waals surface area contributed by atoms with Crippen molar-refractivity contribution >= 4 is 34.0 Å². The Balaban J connectivity index is 1.83. The highest BCUT2D eigenvalue weighted by Crippen LogP contribution is 2.35. The third-order valence-electron chi connectivity index (χ3n) is 4.29. The van der Waals surface area contributed by atoms with Crippen LogP contribution in [0.25, 0.3) is 22.3 Å². The molecule has 5 nitrogen and oxygen atoms in total. The van der Waals surface area contributed by atoms with Gasteiger partial charge in [-0.1, -0.05) is 47.2 Å². The highest BCUT2D eigenvalue weighted by Gasteiger charge is 2.12. The highest BCUT2D eigenvalue weighted by molar-refractivity contribution is 7.15. The molecular weight excluding hydrogens is 384 g/mol. The Kier molecular flexibility index (Phi) is 4.37. The second kappa shape index (κ2) is 6.72. The van der Waals surface area contributed by atoms with Crippen molar-refractivity contribution < 1.29 is 9.84 Å². The van der Waals surface area contributed by atoms with Crippen molar-refractivity contribution in [1.82, 2.24) is 9.38 Å². The lowest BCUT2D eigenvalue weighted by molar-refractivity contribution is 0.373. The quantitative estimate of drug-likeness (QED) is 0.572. The van der Waals surface area contributed by atoms with Crippen molar-refractivity contribution in [1.29, 1.82) is 0 Å². The minimum absolute atomic E-state index is 0.123.